The maximum absolute atomic E-state index is 15.0. The molecule has 0 saturated carbocycles. The lowest BCUT2D eigenvalue weighted by molar-refractivity contribution is -0.288. The Morgan fingerprint density at radius 3 is 1.17 bits per heavy atom. The first-order valence-corrected chi connectivity index (χ1v) is 14.3. The van der Waals surface area contributed by atoms with Gasteiger partial charge in [-0.15, -0.1) is 0 Å². The van der Waals surface area contributed by atoms with E-state index in [-0.39, 0.29) is 34.8 Å². The molecule has 2 aliphatic heterocycles. The zero-order valence-electron chi connectivity index (χ0n) is 25.2. The molecule has 0 bridgehead atoms. The first-order chi connectivity index (χ1) is 21.7. The van der Waals surface area contributed by atoms with Crippen molar-refractivity contribution in [3.8, 4) is 0 Å². The van der Waals surface area contributed by atoms with Crippen molar-refractivity contribution in [1.82, 2.24) is 9.80 Å². The van der Waals surface area contributed by atoms with Gasteiger partial charge in [-0.1, -0.05) is 52.7 Å². The van der Waals surface area contributed by atoms with Gasteiger partial charge in [-0.05, 0) is 47.2 Å². The molecule has 2 aromatic rings. The van der Waals surface area contributed by atoms with E-state index >= 15 is 26.3 Å². The number of carbonyl (C=O) groups is 6. The third kappa shape index (κ3) is 5.13. The fourth-order valence-corrected chi connectivity index (χ4v) is 6.14. The second-order valence-electron chi connectivity index (χ2n) is 11.6. The lowest BCUT2D eigenvalue weighted by atomic mass is 9.71. The number of halogens is 6. The van der Waals surface area contributed by atoms with Crippen LogP contribution in [0.2, 0.25) is 0 Å². The van der Waals surface area contributed by atoms with Crippen molar-refractivity contribution >= 4 is 35.6 Å². The number of rotatable bonds is 10. The van der Waals surface area contributed by atoms with Gasteiger partial charge < -0.3 is 10.2 Å². The molecular formula is C31H28F6N2O8. The Hall–Kier alpha value is -4.76. The van der Waals surface area contributed by atoms with Crippen LogP contribution in [0, 0.1) is 11.8 Å². The molecule has 0 aliphatic carbocycles. The van der Waals surface area contributed by atoms with Crippen LogP contribution in [0.4, 0.5) is 26.3 Å². The highest BCUT2D eigenvalue weighted by Crippen LogP contribution is 2.57. The predicted molar refractivity (Wildman–Crippen MR) is 149 cm³/mol. The van der Waals surface area contributed by atoms with Crippen molar-refractivity contribution in [3.05, 3.63) is 69.8 Å². The van der Waals surface area contributed by atoms with Crippen LogP contribution in [0.5, 0.6) is 0 Å². The van der Waals surface area contributed by atoms with Crippen molar-refractivity contribution in [2.75, 3.05) is 0 Å². The molecule has 16 heteroatoms. The number of imide groups is 2. The van der Waals surface area contributed by atoms with E-state index in [0.29, 0.717) is 24.3 Å². The van der Waals surface area contributed by atoms with Gasteiger partial charge in [-0.25, -0.2) is 9.59 Å². The number of aliphatic carboxylic acids is 2. The van der Waals surface area contributed by atoms with Crippen LogP contribution in [0.25, 0.3) is 0 Å². The number of nitrogens with zero attached hydrogens (tertiary/aromatic N) is 2. The van der Waals surface area contributed by atoms with Crippen LogP contribution in [-0.2, 0) is 15.0 Å². The van der Waals surface area contributed by atoms with Crippen molar-refractivity contribution in [2.45, 2.75) is 70.4 Å². The highest BCUT2D eigenvalue weighted by molar-refractivity contribution is 6.23. The van der Waals surface area contributed by atoms with Crippen LogP contribution in [0.1, 0.15) is 93.1 Å². The molecule has 4 amide bonds. The Morgan fingerprint density at radius 1 is 0.617 bits per heavy atom. The van der Waals surface area contributed by atoms with E-state index < -0.39 is 111 Å². The summed E-state index contributed by atoms with van der Waals surface area (Å²) in [4.78, 5) is 77.3. The summed E-state index contributed by atoms with van der Waals surface area (Å²) in [5.41, 5.74) is -11.1. The monoisotopic (exact) mass is 670 g/mol. The quantitative estimate of drug-likeness (QED) is 0.256. The third-order valence-electron chi connectivity index (χ3n) is 8.98. The van der Waals surface area contributed by atoms with E-state index in [9.17, 15) is 39.0 Å². The van der Waals surface area contributed by atoms with Gasteiger partial charge in [0.2, 0.25) is 5.41 Å². The van der Waals surface area contributed by atoms with E-state index in [1.807, 2.05) is 0 Å². The number of benzene rings is 2. The first-order valence-electron chi connectivity index (χ1n) is 14.3. The Balaban J connectivity index is 1.95. The summed E-state index contributed by atoms with van der Waals surface area (Å²) in [7, 11) is 0. The fraction of sp³-hybridized carbons (Fsp3) is 0.419. The summed E-state index contributed by atoms with van der Waals surface area (Å²) >= 11 is 0. The van der Waals surface area contributed by atoms with Crippen LogP contribution in [0.3, 0.4) is 0 Å². The highest BCUT2D eigenvalue weighted by Gasteiger charge is 2.73. The molecular weight excluding hydrogens is 642 g/mol. The molecule has 0 unspecified atom stereocenters. The molecule has 4 rings (SSSR count). The number of carbonyl (C=O) groups excluding carboxylic acids is 4. The average Bonchev–Trinajstić information content (AvgIpc) is 3.35. The lowest BCUT2D eigenvalue weighted by Crippen LogP contribution is -2.55. The van der Waals surface area contributed by atoms with Crippen LogP contribution < -0.4 is 0 Å². The topological polar surface area (TPSA) is 149 Å². The summed E-state index contributed by atoms with van der Waals surface area (Å²) in [6.45, 7) is 5.90. The standard InChI is InChI=1S/C31H28F6N2O8/c1-5-13(3)21(27(44)45)38-23(40)17-9-7-15(11-19(17)25(38)42)29(30(32,33)34,31(35,36)37)16-8-10-18-20(12-16)26(43)39(24(18)41)22(28(46)47)14(4)6-2/h7-14,21-22H,5-6H2,1-4H3,(H,44,45)(H,46,47)/t13-,14-,21-,22-/m0/s1. The van der Waals surface area contributed by atoms with Crippen LogP contribution in [-0.4, -0.2) is 80.0 Å². The van der Waals surface area contributed by atoms with Gasteiger partial charge in [0.05, 0.1) is 22.3 Å². The molecule has 2 aliphatic rings. The van der Waals surface area contributed by atoms with Gasteiger partial charge in [0.1, 0.15) is 12.1 Å². The number of amides is 4. The maximum Gasteiger partial charge on any atom is 0.411 e. The average molecular weight is 671 g/mol. The number of carboxylic acids is 2. The summed E-state index contributed by atoms with van der Waals surface area (Å²) in [6, 6.07) is -1.27. The Morgan fingerprint density at radius 2 is 0.915 bits per heavy atom. The van der Waals surface area contributed by atoms with E-state index in [2.05, 4.69) is 0 Å². The van der Waals surface area contributed by atoms with Crippen molar-refractivity contribution in [2.24, 2.45) is 11.8 Å². The van der Waals surface area contributed by atoms with E-state index in [1.54, 1.807) is 13.8 Å². The van der Waals surface area contributed by atoms with Crippen molar-refractivity contribution in [3.63, 3.8) is 0 Å². The Bertz CT molecular complexity index is 1580. The number of fused-ring (bicyclic) bond motifs is 2. The second-order valence-corrected chi connectivity index (χ2v) is 11.6. The number of hydrogen-bond acceptors (Lipinski definition) is 6. The molecule has 47 heavy (non-hydrogen) atoms. The van der Waals surface area contributed by atoms with Gasteiger partial charge in [0.15, 0.2) is 0 Å². The van der Waals surface area contributed by atoms with E-state index in [0.717, 1.165) is 0 Å². The van der Waals surface area contributed by atoms with Crippen LogP contribution in [0.15, 0.2) is 36.4 Å². The zero-order chi connectivity index (χ0) is 35.5. The van der Waals surface area contributed by atoms with Gasteiger partial charge >= 0.3 is 24.3 Å². The maximum atomic E-state index is 15.0. The zero-order valence-corrected chi connectivity index (χ0v) is 25.2. The summed E-state index contributed by atoms with van der Waals surface area (Å²) in [5, 5.41) is 19.4. The summed E-state index contributed by atoms with van der Waals surface area (Å²) < 4.78 is 90.1. The minimum atomic E-state index is -6.22. The first kappa shape index (κ1) is 35.1. The minimum Gasteiger partial charge on any atom is -0.480 e. The molecule has 2 N–H and O–H groups in total. The number of alkyl halides is 6. The molecule has 4 atom stereocenters. The molecule has 10 nitrogen and oxygen atoms in total. The molecule has 0 fully saturated rings. The SMILES string of the molecule is CC[C@H](C)[C@@H](C(=O)O)N1C(=O)c2ccc(C(c3ccc4c(c3)C(=O)N([C@H](C(=O)O)[C@@H](C)CC)C4=O)(C(F)(F)F)C(F)(F)F)cc2C1=O. The Labute approximate surface area is 262 Å². The third-order valence-corrected chi connectivity index (χ3v) is 8.98. The van der Waals surface area contributed by atoms with E-state index in [1.165, 1.54) is 13.8 Å². The van der Waals surface area contributed by atoms with E-state index in [4.69, 9.17) is 0 Å². The predicted octanol–water partition coefficient (Wildman–Crippen LogP) is 5.29. The Kier molecular flexibility index (Phi) is 8.81. The summed E-state index contributed by atoms with van der Waals surface area (Å²) in [5.74, 6) is -10.1. The fourth-order valence-electron chi connectivity index (χ4n) is 6.14. The minimum absolute atomic E-state index is 0.155. The summed E-state index contributed by atoms with van der Waals surface area (Å²) in [6.07, 6.45) is -12.1. The second kappa shape index (κ2) is 11.8. The highest BCUT2D eigenvalue weighted by atomic mass is 19.4. The van der Waals surface area contributed by atoms with Gasteiger partial charge in [0, 0.05) is 0 Å². The normalized spacial score (nSPS) is 17.8. The lowest BCUT2D eigenvalue weighted by Gasteiger charge is -2.38. The molecule has 0 aromatic heterocycles. The van der Waals surface area contributed by atoms with Gasteiger partial charge in [-0.2, -0.15) is 26.3 Å². The van der Waals surface area contributed by atoms with Crippen molar-refractivity contribution in [1.29, 1.82) is 0 Å². The largest absolute Gasteiger partial charge is 0.480 e. The smallest absolute Gasteiger partial charge is 0.411 e. The number of carboxylic acid groups (broad SMARTS) is 2. The van der Waals surface area contributed by atoms with Gasteiger partial charge in [-0.3, -0.25) is 29.0 Å². The molecule has 0 radical (unpaired) electrons. The van der Waals surface area contributed by atoms with Crippen molar-refractivity contribution < 1.29 is 65.3 Å². The van der Waals surface area contributed by atoms with Gasteiger partial charge in [0.25, 0.3) is 23.6 Å². The molecule has 252 valence electrons. The number of hydrogen-bond donors (Lipinski definition) is 2. The molecule has 0 spiro atoms. The van der Waals surface area contributed by atoms with Crippen LogP contribution >= 0.6 is 0 Å². The molecule has 0 saturated heterocycles. The molecule has 2 heterocycles. The molecule has 2 aromatic carbocycles.